The van der Waals surface area contributed by atoms with E-state index in [-0.39, 0.29) is 17.8 Å². The molecule has 4 rings (SSSR count). The van der Waals surface area contributed by atoms with E-state index in [4.69, 9.17) is 0 Å². The first-order chi connectivity index (χ1) is 8.87. The van der Waals surface area contributed by atoms with Gasteiger partial charge in [0.25, 0.3) is 0 Å². The van der Waals surface area contributed by atoms with Crippen molar-refractivity contribution < 1.29 is 0 Å². The van der Waals surface area contributed by atoms with E-state index in [0.717, 1.165) is 6.54 Å². The Bertz CT molecular complexity index is 573. The molecule has 0 unspecified atom stereocenters. The Labute approximate surface area is 120 Å². The van der Waals surface area contributed by atoms with Crippen LogP contribution in [-0.4, -0.2) is 13.6 Å². The number of nitrogens with one attached hydrogen (secondary N) is 1. The van der Waals surface area contributed by atoms with Gasteiger partial charge in [-0.05, 0) is 35.7 Å². The van der Waals surface area contributed by atoms with E-state index in [1.54, 1.807) is 22.3 Å². The minimum Gasteiger partial charge on any atom is -0.319 e. The molecule has 0 fully saturated rings. The largest absolute Gasteiger partial charge is 0.319 e. The first-order valence-corrected chi connectivity index (χ1v) is 6.70. The molecule has 0 heterocycles. The van der Waals surface area contributed by atoms with Gasteiger partial charge >= 0.3 is 0 Å². The molecule has 0 amide bonds. The second-order valence-corrected chi connectivity index (χ2v) is 5.54. The van der Waals surface area contributed by atoms with Crippen molar-refractivity contribution in [1.29, 1.82) is 0 Å². The molecule has 1 N–H and O–H groups in total. The molecule has 0 saturated carbocycles. The van der Waals surface area contributed by atoms with Gasteiger partial charge in [-0.25, -0.2) is 0 Å². The Kier molecular flexibility index (Phi) is 2.92. The quantitative estimate of drug-likeness (QED) is 0.882. The van der Waals surface area contributed by atoms with Gasteiger partial charge in [0.15, 0.2) is 0 Å². The number of hydrogen-bond acceptors (Lipinski definition) is 1. The van der Waals surface area contributed by atoms with Crippen LogP contribution in [0.3, 0.4) is 0 Å². The summed E-state index contributed by atoms with van der Waals surface area (Å²) in [5.41, 5.74) is 6.40. The zero-order chi connectivity index (χ0) is 12.2. The number of halogens is 1. The minimum absolute atomic E-state index is 0. The molecule has 2 aliphatic rings. The summed E-state index contributed by atoms with van der Waals surface area (Å²) in [7, 11) is 2.06. The summed E-state index contributed by atoms with van der Waals surface area (Å²) in [5, 5.41) is 3.41. The topological polar surface area (TPSA) is 12.0 Å². The van der Waals surface area contributed by atoms with E-state index in [1.807, 2.05) is 0 Å². The monoisotopic (exact) mass is 271 g/mol. The van der Waals surface area contributed by atoms with Crippen LogP contribution < -0.4 is 5.32 Å². The first kappa shape index (κ1) is 12.7. The van der Waals surface area contributed by atoms with Crippen LogP contribution >= 0.6 is 12.4 Å². The lowest BCUT2D eigenvalue weighted by molar-refractivity contribution is 0.500. The fraction of sp³-hybridized carbons (Fsp3) is 0.294. The van der Waals surface area contributed by atoms with E-state index in [1.165, 1.54) is 6.42 Å². The first-order valence-electron chi connectivity index (χ1n) is 6.70. The van der Waals surface area contributed by atoms with E-state index >= 15 is 0 Å². The highest BCUT2D eigenvalue weighted by Crippen LogP contribution is 2.59. The van der Waals surface area contributed by atoms with Crippen molar-refractivity contribution in [1.82, 2.24) is 5.32 Å². The number of rotatable bonds is 2. The highest BCUT2D eigenvalue weighted by Gasteiger charge is 2.51. The molecule has 2 bridgehead atoms. The molecule has 1 nitrogen and oxygen atoms in total. The van der Waals surface area contributed by atoms with Crippen molar-refractivity contribution in [2.24, 2.45) is 0 Å². The van der Waals surface area contributed by atoms with Crippen LogP contribution in [-0.2, 0) is 5.41 Å². The van der Waals surface area contributed by atoms with Gasteiger partial charge in [0, 0.05) is 17.9 Å². The second-order valence-electron chi connectivity index (χ2n) is 5.54. The molecule has 2 aromatic rings. The van der Waals surface area contributed by atoms with Gasteiger partial charge in [-0.1, -0.05) is 48.5 Å². The summed E-state index contributed by atoms with van der Waals surface area (Å²) < 4.78 is 0. The molecule has 0 spiro atoms. The number of hydrogen-bond donors (Lipinski definition) is 1. The van der Waals surface area contributed by atoms with Crippen molar-refractivity contribution in [2.75, 3.05) is 13.6 Å². The maximum absolute atomic E-state index is 3.41. The van der Waals surface area contributed by atoms with Crippen molar-refractivity contribution >= 4 is 12.4 Å². The van der Waals surface area contributed by atoms with Crippen LogP contribution in [0.1, 0.15) is 34.6 Å². The summed E-state index contributed by atoms with van der Waals surface area (Å²) in [6.07, 6.45) is 1.24. The molecule has 0 aromatic heterocycles. The summed E-state index contributed by atoms with van der Waals surface area (Å²) in [6, 6.07) is 18.0. The van der Waals surface area contributed by atoms with Crippen molar-refractivity contribution in [2.45, 2.75) is 17.8 Å². The molecular weight excluding hydrogens is 254 g/mol. The van der Waals surface area contributed by atoms with Gasteiger partial charge < -0.3 is 5.32 Å². The molecule has 0 radical (unpaired) electrons. The zero-order valence-electron chi connectivity index (χ0n) is 11.0. The van der Waals surface area contributed by atoms with Crippen LogP contribution in [0.25, 0.3) is 0 Å². The third-order valence-corrected chi connectivity index (χ3v) is 4.73. The third kappa shape index (κ3) is 1.46. The summed E-state index contributed by atoms with van der Waals surface area (Å²) in [4.78, 5) is 0. The van der Waals surface area contributed by atoms with Crippen molar-refractivity contribution in [3.8, 4) is 0 Å². The van der Waals surface area contributed by atoms with Gasteiger partial charge in [-0.3, -0.25) is 0 Å². The van der Waals surface area contributed by atoms with E-state index in [9.17, 15) is 0 Å². The van der Waals surface area contributed by atoms with Gasteiger partial charge in [0.1, 0.15) is 0 Å². The maximum atomic E-state index is 3.41. The van der Waals surface area contributed by atoms with Gasteiger partial charge in [0.2, 0.25) is 0 Å². The van der Waals surface area contributed by atoms with Crippen molar-refractivity contribution in [3.63, 3.8) is 0 Å². The molecule has 2 aromatic carbocycles. The number of likely N-dealkylation sites (N-methyl/N-ethyl adjacent to an activating group) is 1. The standard InChI is InChI=1S/C17H17N.ClH/c1-18-11-17-10-14(12-6-2-4-8-15(12)17)13-7-3-5-9-16(13)17;/h2-9,14,18H,10-11H2,1H3;1H. The van der Waals surface area contributed by atoms with Crippen molar-refractivity contribution in [3.05, 3.63) is 70.8 Å². The average Bonchev–Trinajstić information content (AvgIpc) is 2.92. The molecule has 19 heavy (non-hydrogen) atoms. The van der Waals surface area contributed by atoms with Gasteiger partial charge in [-0.15, -0.1) is 12.4 Å². The lowest BCUT2D eigenvalue weighted by atomic mass is 9.75. The Hall–Kier alpha value is -1.31. The Morgan fingerprint density at radius 1 is 1.00 bits per heavy atom. The predicted molar refractivity (Wildman–Crippen MR) is 81.3 cm³/mol. The Balaban J connectivity index is 0.00000110. The summed E-state index contributed by atoms with van der Waals surface area (Å²) in [5.74, 6) is 0.616. The molecule has 0 aliphatic heterocycles. The summed E-state index contributed by atoms with van der Waals surface area (Å²) in [6.45, 7) is 1.04. The lowest BCUT2D eigenvalue weighted by Crippen LogP contribution is -2.35. The highest BCUT2D eigenvalue weighted by atomic mass is 35.5. The molecular formula is C17H18ClN. The predicted octanol–water partition coefficient (Wildman–Crippen LogP) is 3.46. The van der Waals surface area contributed by atoms with E-state index in [2.05, 4.69) is 60.9 Å². The van der Waals surface area contributed by atoms with Crippen LogP contribution in [0.15, 0.2) is 48.5 Å². The van der Waals surface area contributed by atoms with Gasteiger partial charge in [0.05, 0.1) is 0 Å². The molecule has 98 valence electrons. The van der Waals surface area contributed by atoms with Crippen LogP contribution in [0.2, 0.25) is 0 Å². The highest BCUT2D eigenvalue weighted by molar-refractivity contribution is 5.85. The molecule has 2 aliphatic carbocycles. The van der Waals surface area contributed by atoms with Crippen LogP contribution in [0, 0.1) is 0 Å². The second kappa shape index (κ2) is 4.36. The summed E-state index contributed by atoms with van der Waals surface area (Å²) >= 11 is 0. The third-order valence-electron chi connectivity index (χ3n) is 4.73. The lowest BCUT2D eigenvalue weighted by Gasteiger charge is -2.31. The van der Waals surface area contributed by atoms with Crippen LogP contribution in [0.4, 0.5) is 0 Å². The van der Waals surface area contributed by atoms with E-state index in [0.29, 0.717) is 5.92 Å². The van der Waals surface area contributed by atoms with Gasteiger partial charge in [-0.2, -0.15) is 0 Å². The van der Waals surface area contributed by atoms with Crippen LogP contribution in [0.5, 0.6) is 0 Å². The maximum Gasteiger partial charge on any atom is 0.0342 e. The fourth-order valence-corrected chi connectivity index (χ4v) is 4.14. The smallest absolute Gasteiger partial charge is 0.0342 e. The molecule has 2 heteroatoms. The Morgan fingerprint density at radius 3 is 2.05 bits per heavy atom. The molecule has 0 atom stereocenters. The zero-order valence-corrected chi connectivity index (χ0v) is 11.8. The average molecular weight is 272 g/mol. The number of benzene rings is 2. The molecule has 0 saturated heterocycles. The fourth-order valence-electron chi connectivity index (χ4n) is 4.14. The SMILES string of the molecule is CNCC12CC(c3ccccc31)c1ccccc12.Cl. The Morgan fingerprint density at radius 2 is 1.53 bits per heavy atom. The van der Waals surface area contributed by atoms with E-state index < -0.39 is 0 Å². The number of fused-ring (bicyclic) bond motifs is 8. The minimum atomic E-state index is 0. The normalized spacial score (nSPS) is 25.6.